The molecule has 0 saturated heterocycles. The highest BCUT2D eigenvalue weighted by molar-refractivity contribution is 9.08. The zero-order valence-corrected chi connectivity index (χ0v) is 13.3. The number of amides is 1. The summed E-state index contributed by atoms with van der Waals surface area (Å²) >= 11 is 3.40. The normalized spacial score (nSPS) is 11.9. The molecule has 1 N–H and O–H groups in total. The summed E-state index contributed by atoms with van der Waals surface area (Å²) in [4.78, 5) is 12.2. The van der Waals surface area contributed by atoms with Gasteiger partial charge in [0.25, 0.3) is 5.91 Å². The molecule has 0 fully saturated rings. The van der Waals surface area contributed by atoms with Crippen LogP contribution in [-0.4, -0.2) is 5.91 Å². The highest BCUT2D eigenvalue weighted by atomic mass is 79.9. The van der Waals surface area contributed by atoms with Crippen LogP contribution in [0.1, 0.15) is 40.0 Å². The Morgan fingerprint density at radius 3 is 2.50 bits per heavy atom. The van der Waals surface area contributed by atoms with Gasteiger partial charge in [0.15, 0.2) is 0 Å². The van der Waals surface area contributed by atoms with Gasteiger partial charge in [0.05, 0.1) is 6.04 Å². The summed E-state index contributed by atoms with van der Waals surface area (Å²) < 4.78 is 0. The summed E-state index contributed by atoms with van der Waals surface area (Å²) in [7, 11) is 0. The average Bonchev–Trinajstić information content (AvgIpc) is 2.47. The zero-order chi connectivity index (χ0) is 14.5. The van der Waals surface area contributed by atoms with E-state index in [0.29, 0.717) is 5.56 Å². The molecule has 1 atom stereocenters. The van der Waals surface area contributed by atoms with Crippen LogP contribution in [0.5, 0.6) is 0 Å². The Kier molecular flexibility index (Phi) is 4.96. The van der Waals surface area contributed by atoms with Crippen LogP contribution in [0.2, 0.25) is 0 Å². The predicted octanol–water partition coefficient (Wildman–Crippen LogP) is 4.38. The maximum atomic E-state index is 12.2. The average molecular weight is 332 g/mol. The molecule has 0 aliphatic rings. The number of halogens is 1. The summed E-state index contributed by atoms with van der Waals surface area (Å²) in [6, 6.07) is 15.8. The van der Waals surface area contributed by atoms with E-state index in [0.717, 1.165) is 16.5 Å². The maximum absolute atomic E-state index is 12.2. The second-order valence-corrected chi connectivity index (χ2v) is 5.50. The molecule has 2 rings (SSSR count). The molecule has 0 saturated carbocycles. The van der Waals surface area contributed by atoms with Crippen LogP contribution in [-0.2, 0) is 5.33 Å². The fraction of sp³-hybridized carbons (Fsp3) is 0.235. The van der Waals surface area contributed by atoms with E-state index in [-0.39, 0.29) is 11.9 Å². The van der Waals surface area contributed by atoms with Crippen molar-refractivity contribution in [2.75, 3.05) is 0 Å². The minimum absolute atomic E-state index is 0.00162. The van der Waals surface area contributed by atoms with Crippen LogP contribution in [0.25, 0.3) is 0 Å². The van der Waals surface area contributed by atoms with Crippen LogP contribution >= 0.6 is 15.9 Å². The number of carbonyl (C=O) groups excluding carboxylic acids is 1. The predicted molar refractivity (Wildman–Crippen MR) is 86.1 cm³/mol. The lowest BCUT2D eigenvalue weighted by Crippen LogP contribution is -2.26. The van der Waals surface area contributed by atoms with E-state index in [1.807, 2.05) is 43.3 Å². The van der Waals surface area contributed by atoms with Crippen molar-refractivity contribution in [1.82, 2.24) is 5.32 Å². The van der Waals surface area contributed by atoms with Crippen molar-refractivity contribution >= 4 is 21.8 Å². The first kappa shape index (κ1) is 14.8. The molecule has 20 heavy (non-hydrogen) atoms. The first-order valence-corrected chi connectivity index (χ1v) is 7.74. The first-order valence-electron chi connectivity index (χ1n) is 6.62. The molecular weight excluding hydrogens is 314 g/mol. The number of rotatable bonds is 4. The second kappa shape index (κ2) is 6.71. The molecule has 2 aromatic carbocycles. The highest BCUT2D eigenvalue weighted by Crippen LogP contribution is 2.15. The van der Waals surface area contributed by atoms with Gasteiger partial charge in [-0.05, 0) is 37.1 Å². The fourth-order valence-electron chi connectivity index (χ4n) is 2.05. The molecule has 2 nitrogen and oxygen atoms in total. The molecule has 0 spiro atoms. The monoisotopic (exact) mass is 331 g/mol. The molecule has 1 amide bonds. The Bertz CT molecular complexity index is 592. The molecule has 0 unspecified atom stereocenters. The third kappa shape index (κ3) is 3.70. The van der Waals surface area contributed by atoms with Gasteiger partial charge in [-0.1, -0.05) is 57.9 Å². The van der Waals surface area contributed by atoms with Crippen molar-refractivity contribution in [3.63, 3.8) is 0 Å². The molecule has 3 heteroatoms. The van der Waals surface area contributed by atoms with Crippen LogP contribution < -0.4 is 5.32 Å². The summed E-state index contributed by atoms with van der Waals surface area (Å²) in [5.74, 6) is -0.0415. The number of alkyl halides is 1. The number of nitrogens with one attached hydrogen (secondary N) is 1. The lowest BCUT2D eigenvalue weighted by molar-refractivity contribution is 0.0940. The molecule has 0 bridgehead atoms. The van der Waals surface area contributed by atoms with Gasteiger partial charge in [-0.2, -0.15) is 0 Å². The summed E-state index contributed by atoms with van der Waals surface area (Å²) in [6.07, 6.45) is 0. The number of aryl methyl sites for hydroxylation is 1. The van der Waals surface area contributed by atoms with Gasteiger partial charge in [0.1, 0.15) is 0 Å². The topological polar surface area (TPSA) is 29.1 Å². The van der Waals surface area contributed by atoms with E-state index in [1.165, 1.54) is 5.56 Å². The minimum atomic E-state index is -0.0415. The number of hydrogen-bond donors (Lipinski definition) is 1. The molecule has 0 aliphatic heterocycles. The molecule has 0 heterocycles. The van der Waals surface area contributed by atoms with E-state index in [1.54, 1.807) is 0 Å². The van der Waals surface area contributed by atoms with Crippen molar-refractivity contribution in [1.29, 1.82) is 0 Å². The van der Waals surface area contributed by atoms with E-state index >= 15 is 0 Å². The summed E-state index contributed by atoms with van der Waals surface area (Å²) in [6.45, 7) is 4.05. The van der Waals surface area contributed by atoms with Gasteiger partial charge in [-0.15, -0.1) is 0 Å². The molecule has 104 valence electrons. The van der Waals surface area contributed by atoms with Crippen LogP contribution in [0, 0.1) is 6.92 Å². The minimum Gasteiger partial charge on any atom is -0.346 e. The Hall–Kier alpha value is -1.61. The molecule has 0 aromatic heterocycles. The highest BCUT2D eigenvalue weighted by Gasteiger charge is 2.11. The van der Waals surface area contributed by atoms with Gasteiger partial charge in [0, 0.05) is 10.9 Å². The standard InChI is InChI=1S/C17H18BrNO/c1-12-4-3-5-16(10-12)13(2)19-17(20)15-8-6-14(11-18)7-9-15/h3-10,13H,11H2,1-2H3,(H,19,20)/t13-/m1/s1. The first-order chi connectivity index (χ1) is 9.60. The third-order valence-corrected chi connectivity index (χ3v) is 3.91. The lowest BCUT2D eigenvalue weighted by atomic mass is 10.1. The Morgan fingerprint density at radius 1 is 1.20 bits per heavy atom. The van der Waals surface area contributed by atoms with Gasteiger partial charge in [0.2, 0.25) is 0 Å². The smallest absolute Gasteiger partial charge is 0.251 e. The summed E-state index contributed by atoms with van der Waals surface area (Å²) in [5, 5.41) is 3.83. The molecular formula is C17H18BrNO. The van der Waals surface area contributed by atoms with E-state index in [4.69, 9.17) is 0 Å². The quantitative estimate of drug-likeness (QED) is 0.827. The number of hydrogen-bond acceptors (Lipinski definition) is 1. The SMILES string of the molecule is Cc1cccc([C@@H](C)NC(=O)c2ccc(CBr)cc2)c1. The van der Waals surface area contributed by atoms with Crippen molar-refractivity contribution in [2.45, 2.75) is 25.2 Å². The van der Waals surface area contributed by atoms with E-state index < -0.39 is 0 Å². The van der Waals surface area contributed by atoms with Crippen LogP contribution in [0.3, 0.4) is 0 Å². The van der Waals surface area contributed by atoms with Gasteiger partial charge >= 0.3 is 0 Å². The van der Waals surface area contributed by atoms with E-state index in [9.17, 15) is 4.79 Å². The van der Waals surface area contributed by atoms with E-state index in [2.05, 4.69) is 40.3 Å². The maximum Gasteiger partial charge on any atom is 0.251 e. The van der Waals surface area contributed by atoms with Crippen molar-refractivity contribution in [3.8, 4) is 0 Å². The lowest BCUT2D eigenvalue weighted by Gasteiger charge is -2.15. The van der Waals surface area contributed by atoms with Gasteiger partial charge in [-0.25, -0.2) is 0 Å². The second-order valence-electron chi connectivity index (χ2n) is 4.94. The molecule has 2 aromatic rings. The van der Waals surface area contributed by atoms with Gasteiger partial charge in [-0.3, -0.25) is 4.79 Å². The zero-order valence-electron chi connectivity index (χ0n) is 11.7. The van der Waals surface area contributed by atoms with Crippen molar-refractivity contribution < 1.29 is 4.79 Å². The Balaban J connectivity index is 2.06. The Morgan fingerprint density at radius 2 is 1.90 bits per heavy atom. The van der Waals surface area contributed by atoms with Crippen LogP contribution in [0.4, 0.5) is 0 Å². The van der Waals surface area contributed by atoms with Crippen molar-refractivity contribution in [3.05, 3.63) is 70.8 Å². The number of carbonyl (C=O) groups is 1. The van der Waals surface area contributed by atoms with Gasteiger partial charge < -0.3 is 5.32 Å². The van der Waals surface area contributed by atoms with Crippen molar-refractivity contribution in [2.24, 2.45) is 0 Å². The third-order valence-electron chi connectivity index (χ3n) is 3.26. The molecule has 0 radical (unpaired) electrons. The number of benzene rings is 2. The summed E-state index contributed by atoms with van der Waals surface area (Å²) in [5.41, 5.74) is 4.17. The largest absolute Gasteiger partial charge is 0.346 e. The fourth-order valence-corrected chi connectivity index (χ4v) is 2.42. The van der Waals surface area contributed by atoms with Crippen LogP contribution in [0.15, 0.2) is 48.5 Å². The Labute approximate surface area is 128 Å². The molecule has 0 aliphatic carbocycles.